The first kappa shape index (κ1) is 8.73. The third-order valence-corrected chi connectivity index (χ3v) is 2.88. The van der Waals surface area contributed by atoms with Gasteiger partial charge in [0.15, 0.2) is 0 Å². The summed E-state index contributed by atoms with van der Waals surface area (Å²) in [5.74, 6) is 0.472. The van der Waals surface area contributed by atoms with Crippen LogP contribution in [0.25, 0.3) is 0 Å². The minimum atomic E-state index is -0.499. The van der Waals surface area contributed by atoms with Crippen molar-refractivity contribution in [3.8, 4) is 0 Å². The van der Waals surface area contributed by atoms with Crippen molar-refractivity contribution in [2.24, 2.45) is 11.7 Å². The average Bonchev–Trinajstić information content (AvgIpc) is 3.02. The number of aliphatic hydroxyl groups is 1. The predicted molar refractivity (Wildman–Crippen MR) is 52.1 cm³/mol. The van der Waals surface area contributed by atoms with Crippen molar-refractivity contribution in [3.63, 3.8) is 0 Å². The van der Waals surface area contributed by atoms with E-state index in [1.807, 2.05) is 30.3 Å². The lowest BCUT2D eigenvalue weighted by Gasteiger charge is -2.27. The normalized spacial score (nSPS) is 21.1. The fourth-order valence-electron chi connectivity index (χ4n) is 1.80. The highest BCUT2D eigenvalue weighted by atomic mass is 16.3. The Morgan fingerprint density at radius 2 is 1.92 bits per heavy atom. The second-order valence-electron chi connectivity index (χ2n) is 3.84. The van der Waals surface area contributed by atoms with Crippen LogP contribution in [0.3, 0.4) is 0 Å². The van der Waals surface area contributed by atoms with Crippen LogP contribution in [-0.2, 0) is 5.54 Å². The molecule has 1 aliphatic carbocycles. The third kappa shape index (κ3) is 1.47. The monoisotopic (exact) mass is 177 g/mol. The zero-order valence-corrected chi connectivity index (χ0v) is 7.61. The van der Waals surface area contributed by atoms with E-state index < -0.39 is 5.54 Å². The van der Waals surface area contributed by atoms with E-state index in [4.69, 9.17) is 5.73 Å². The van der Waals surface area contributed by atoms with Crippen LogP contribution in [0.4, 0.5) is 0 Å². The molecule has 1 unspecified atom stereocenters. The largest absolute Gasteiger partial charge is 0.394 e. The first-order chi connectivity index (χ1) is 6.27. The number of benzene rings is 1. The van der Waals surface area contributed by atoms with Crippen LogP contribution in [0.2, 0.25) is 0 Å². The van der Waals surface area contributed by atoms with Gasteiger partial charge in [-0.15, -0.1) is 0 Å². The van der Waals surface area contributed by atoms with Crippen LogP contribution in [0.1, 0.15) is 18.4 Å². The maximum Gasteiger partial charge on any atom is 0.0672 e. The minimum absolute atomic E-state index is 0.0433. The fourth-order valence-corrected chi connectivity index (χ4v) is 1.80. The smallest absolute Gasteiger partial charge is 0.0672 e. The molecule has 0 aliphatic heterocycles. The highest BCUT2D eigenvalue weighted by molar-refractivity contribution is 5.26. The van der Waals surface area contributed by atoms with Crippen LogP contribution >= 0.6 is 0 Å². The van der Waals surface area contributed by atoms with Gasteiger partial charge in [0.2, 0.25) is 0 Å². The molecule has 3 N–H and O–H groups in total. The van der Waals surface area contributed by atoms with E-state index in [1.165, 1.54) is 0 Å². The Bertz CT molecular complexity index is 281. The zero-order valence-electron chi connectivity index (χ0n) is 7.61. The van der Waals surface area contributed by atoms with E-state index in [1.54, 1.807) is 0 Å². The van der Waals surface area contributed by atoms with E-state index in [2.05, 4.69) is 0 Å². The Balaban J connectivity index is 2.30. The molecule has 1 atom stereocenters. The van der Waals surface area contributed by atoms with Crippen molar-refractivity contribution in [2.45, 2.75) is 18.4 Å². The molecule has 0 heterocycles. The molecule has 1 aromatic rings. The van der Waals surface area contributed by atoms with Gasteiger partial charge in [-0.25, -0.2) is 0 Å². The quantitative estimate of drug-likeness (QED) is 0.729. The Kier molecular flexibility index (Phi) is 2.10. The Labute approximate surface area is 78.4 Å². The van der Waals surface area contributed by atoms with Gasteiger partial charge in [-0.1, -0.05) is 30.3 Å². The first-order valence-corrected chi connectivity index (χ1v) is 4.72. The minimum Gasteiger partial charge on any atom is -0.394 e. The van der Waals surface area contributed by atoms with Gasteiger partial charge in [0.05, 0.1) is 12.1 Å². The van der Waals surface area contributed by atoms with Gasteiger partial charge >= 0.3 is 0 Å². The molecular formula is C11H15NO. The van der Waals surface area contributed by atoms with Gasteiger partial charge in [-0.2, -0.15) is 0 Å². The Hall–Kier alpha value is -0.860. The topological polar surface area (TPSA) is 46.2 Å². The molecule has 13 heavy (non-hydrogen) atoms. The van der Waals surface area contributed by atoms with E-state index >= 15 is 0 Å². The molecule has 0 spiro atoms. The van der Waals surface area contributed by atoms with Crippen LogP contribution in [0, 0.1) is 5.92 Å². The van der Waals surface area contributed by atoms with Gasteiger partial charge in [-0.05, 0) is 24.3 Å². The lowest BCUT2D eigenvalue weighted by Crippen LogP contribution is -2.42. The molecule has 0 amide bonds. The summed E-state index contributed by atoms with van der Waals surface area (Å²) < 4.78 is 0. The second kappa shape index (κ2) is 3.13. The van der Waals surface area contributed by atoms with E-state index in [0.717, 1.165) is 18.4 Å². The summed E-state index contributed by atoms with van der Waals surface area (Å²) in [5, 5.41) is 9.32. The molecule has 1 aliphatic rings. The third-order valence-electron chi connectivity index (χ3n) is 2.88. The highest BCUT2D eigenvalue weighted by Gasteiger charge is 2.42. The van der Waals surface area contributed by atoms with E-state index in [-0.39, 0.29) is 6.61 Å². The SMILES string of the molecule is NC(CO)(c1ccccc1)C1CC1. The van der Waals surface area contributed by atoms with Crippen LogP contribution in [0.5, 0.6) is 0 Å². The van der Waals surface area contributed by atoms with E-state index in [9.17, 15) is 5.11 Å². The van der Waals surface area contributed by atoms with Crippen LogP contribution < -0.4 is 5.73 Å². The first-order valence-electron chi connectivity index (χ1n) is 4.72. The molecule has 2 heteroatoms. The molecule has 2 nitrogen and oxygen atoms in total. The summed E-state index contributed by atoms with van der Waals surface area (Å²) in [6.45, 7) is 0.0433. The zero-order chi connectivity index (χ0) is 9.31. The molecule has 0 saturated heterocycles. The number of rotatable bonds is 3. The van der Waals surface area contributed by atoms with E-state index in [0.29, 0.717) is 5.92 Å². The molecule has 1 fully saturated rings. The molecule has 0 radical (unpaired) electrons. The number of nitrogens with two attached hydrogens (primary N) is 1. The lowest BCUT2D eigenvalue weighted by molar-refractivity contribution is 0.177. The fraction of sp³-hybridized carbons (Fsp3) is 0.455. The van der Waals surface area contributed by atoms with Crippen molar-refractivity contribution >= 4 is 0 Å². The molecular weight excluding hydrogens is 162 g/mol. The standard InChI is InChI=1S/C11H15NO/c12-11(8-13,10-6-7-10)9-4-2-1-3-5-9/h1-5,10,13H,6-8,12H2. The van der Waals surface area contributed by atoms with Crippen LogP contribution in [-0.4, -0.2) is 11.7 Å². The Morgan fingerprint density at radius 1 is 1.31 bits per heavy atom. The lowest BCUT2D eigenvalue weighted by atomic mass is 9.87. The summed E-state index contributed by atoms with van der Waals surface area (Å²) >= 11 is 0. The summed E-state index contributed by atoms with van der Waals surface area (Å²) in [5.41, 5.74) is 6.73. The molecule has 0 bridgehead atoms. The summed E-state index contributed by atoms with van der Waals surface area (Å²) in [4.78, 5) is 0. The molecule has 1 saturated carbocycles. The number of hydrogen-bond acceptors (Lipinski definition) is 2. The summed E-state index contributed by atoms with van der Waals surface area (Å²) in [7, 11) is 0. The summed E-state index contributed by atoms with van der Waals surface area (Å²) in [6.07, 6.45) is 2.29. The van der Waals surface area contributed by atoms with Crippen molar-refractivity contribution in [2.75, 3.05) is 6.61 Å². The maximum absolute atomic E-state index is 9.32. The number of hydrogen-bond donors (Lipinski definition) is 2. The van der Waals surface area contributed by atoms with Gasteiger partial charge in [0, 0.05) is 0 Å². The molecule has 2 rings (SSSR count). The van der Waals surface area contributed by atoms with Crippen molar-refractivity contribution in [3.05, 3.63) is 35.9 Å². The van der Waals surface area contributed by atoms with Crippen molar-refractivity contribution < 1.29 is 5.11 Å². The second-order valence-corrected chi connectivity index (χ2v) is 3.84. The predicted octanol–water partition coefficient (Wildman–Crippen LogP) is 1.24. The molecule has 0 aromatic heterocycles. The van der Waals surface area contributed by atoms with Gasteiger partial charge in [0.25, 0.3) is 0 Å². The van der Waals surface area contributed by atoms with Crippen LogP contribution in [0.15, 0.2) is 30.3 Å². The van der Waals surface area contributed by atoms with Gasteiger partial charge in [-0.3, -0.25) is 0 Å². The highest BCUT2D eigenvalue weighted by Crippen LogP contribution is 2.43. The molecule has 1 aromatic carbocycles. The number of aliphatic hydroxyl groups excluding tert-OH is 1. The van der Waals surface area contributed by atoms with Crippen molar-refractivity contribution in [1.29, 1.82) is 0 Å². The molecule has 70 valence electrons. The summed E-state index contributed by atoms with van der Waals surface area (Å²) in [6, 6.07) is 9.89. The van der Waals surface area contributed by atoms with Crippen molar-refractivity contribution in [1.82, 2.24) is 0 Å². The Morgan fingerprint density at radius 3 is 2.38 bits per heavy atom. The van der Waals surface area contributed by atoms with Gasteiger partial charge < -0.3 is 10.8 Å². The maximum atomic E-state index is 9.32. The van der Waals surface area contributed by atoms with Gasteiger partial charge in [0.1, 0.15) is 0 Å². The average molecular weight is 177 g/mol.